The third-order valence-electron chi connectivity index (χ3n) is 3.30. The van der Waals surface area contributed by atoms with Gasteiger partial charge in [0.2, 0.25) is 10.0 Å². The molecular formula is C12H20N4O4S. The molecule has 0 amide bonds. The molecule has 0 radical (unpaired) electrons. The van der Waals surface area contributed by atoms with Gasteiger partial charge in [0.15, 0.2) is 0 Å². The van der Waals surface area contributed by atoms with Gasteiger partial charge in [0.25, 0.3) is 5.69 Å². The molecule has 0 aliphatic rings. The lowest BCUT2D eigenvalue weighted by atomic mass is 10.1. The second kappa shape index (κ2) is 6.83. The molecule has 0 spiro atoms. The normalized spacial score (nSPS) is 13.2. The maximum absolute atomic E-state index is 12.4. The molecule has 1 atom stereocenters. The summed E-state index contributed by atoms with van der Waals surface area (Å²) >= 11 is 0. The van der Waals surface area contributed by atoms with Crippen molar-refractivity contribution in [1.29, 1.82) is 0 Å². The number of nitro benzene ring substituents is 1. The fourth-order valence-corrected chi connectivity index (χ4v) is 3.10. The smallest absolute Gasteiger partial charge is 0.294 e. The summed E-state index contributed by atoms with van der Waals surface area (Å²) in [6.07, 6.45) is 0.843. The number of rotatable bonds is 7. The van der Waals surface area contributed by atoms with Crippen LogP contribution in [0.15, 0.2) is 23.1 Å². The monoisotopic (exact) mass is 316 g/mol. The first kappa shape index (κ1) is 17.3. The van der Waals surface area contributed by atoms with Crippen molar-refractivity contribution in [2.75, 3.05) is 19.0 Å². The molecule has 9 heteroatoms. The number of benzene rings is 1. The van der Waals surface area contributed by atoms with Gasteiger partial charge in [-0.25, -0.2) is 12.7 Å². The van der Waals surface area contributed by atoms with E-state index >= 15 is 0 Å². The van der Waals surface area contributed by atoms with Crippen LogP contribution < -0.4 is 11.3 Å². The average molecular weight is 316 g/mol. The molecular weight excluding hydrogens is 296 g/mol. The summed E-state index contributed by atoms with van der Waals surface area (Å²) in [5.74, 6) is 5.38. The molecule has 0 aliphatic heterocycles. The summed E-state index contributed by atoms with van der Waals surface area (Å²) in [5, 5.41) is 11.0. The van der Waals surface area contributed by atoms with E-state index in [2.05, 4.69) is 5.43 Å². The lowest BCUT2D eigenvalue weighted by molar-refractivity contribution is -0.384. The molecule has 0 fully saturated rings. The van der Waals surface area contributed by atoms with Crippen LogP contribution in [0.1, 0.15) is 20.3 Å². The second-order valence-corrected chi connectivity index (χ2v) is 6.92. The van der Waals surface area contributed by atoms with Crippen LogP contribution in [-0.2, 0) is 10.0 Å². The Labute approximate surface area is 124 Å². The largest absolute Gasteiger partial charge is 0.318 e. The van der Waals surface area contributed by atoms with E-state index < -0.39 is 14.9 Å². The first-order valence-corrected chi connectivity index (χ1v) is 7.89. The molecule has 3 N–H and O–H groups in total. The number of anilines is 1. The fourth-order valence-electron chi connectivity index (χ4n) is 1.79. The molecule has 1 rings (SSSR count). The predicted octanol–water partition coefficient (Wildman–Crippen LogP) is 1.55. The predicted molar refractivity (Wildman–Crippen MR) is 80.2 cm³/mol. The number of nitrogens with zero attached hydrogens (tertiary/aromatic N) is 2. The first-order valence-electron chi connectivity index (χ1n) is 6.45. The van der Waals surface area contributed by atoms with Gasteiger partial charge in [-0.15, -0.1) is 0 Å². The third-order valence-corrected chi connectivity index (χ3v) is 5.11. The summed E-state index contributed by atoms with van der Waals surface area (Å²) < 4.78 is 26.0. The van der Waals surface area contributed by atoms with E-state index in [-0.39, 0.29) is 22.2 Å². The van der Waals surface area contributed by atoms with Crippen LogP contribution in [0.2, 0.25) is 0 Å². The number of nitrogens with two attached hydrogens (primary N) is 1. The molecule has 1 aromatic carbocycles. The summed E-state index contributed by atoms with van der Waals surface area (Å²) in [5.41, 5.74) is 1.86. The van der Waals surface area contributed by atoms with Crippen LogP contribution in [0.3, 0.4) is 0 Å². The molecule has 0 saturated carbocycles. The number of hydrogen-bond acceptors (Lipinski definition) is 6. The van der Waals surface area contributed by atoms with Gasteiger partial charge in [-0.3, -0.25) is 16.0 Å². The van der Waals surface area contributed by atoms with Crippen LogP contribution in [0.4, 0.5) is 11.4 Å². The van der Waals surface area contributed by atoms with Gasteiger partial charge >= 0.3 is 0 Å². The molecule has 0 heterocycles. The lowest BCUT2D eigenvalue weighted by Gasteiger charge is -2.20. The highest BCUT2D eigenvalue weighted by molar-refractivity contribution is 7.89. The van der Waals surface area contributed by atoms with Crippen LogP contribution in [0.25, 0.3) is 0 Å². The Balaban J connectivity index is 3.20. The van der Waals surface area contributed by atoms with Gasteiger partial charge in [-0.2, -0.15) is 0 Å². The lowest BCUT2D eigenvalue weighted by Crippen LogP contribution is -2.31. The maximum Gasteiger partial charge on any atom is 0.294 e. The van der Waals surface area contributed by atoms with Crippen LogP contribution in [-0.4, -0.2) is 31.2 Å². The van der Waals surface area contributed by atoms with Gasteiger partial charge < -0.3 is 5.43 Å². The van der Waals surface area contributed by atoms with E-state index in [1.165, 1.54) is 23.5 Å². The van der Waals surface area contributed by atoms with Crippen molar-refractivity contribution in [3.8, 4) is 0 Å². The van der Waals surface area contributed by atoms with Crippen molar-refractivity contribution in [2.24, 2.45) is 11.8 Å². The zero-order valence-electron chi connectivity index (χ0n) is 12.2. The zero-order chi connectivity index (χ0) is 16.2. The van der Waals surface area contributed by atoms with Crippen molar-refractivity contribution in [1.82, 2.24) is 4.31 Å². The molecule has 21 heavy (non-hydrogen) atoms. The second-order valence-electron chi connectivity index (χ2n) is 4.88. The Morgan fingerprint density at radius 2 is 2.10 bits per heavy atom. The Morgan fingerprint density at radius 1 is 1.48 bits per heavy atom. The van der Waals surface area contributed by atoms with Crippen molar-refractivity contribution in [3.63, 3.8) is 0 Å². The number of sulfonamides is 1. The minimum absolute atomic E-state index is 0.0588. The molecule has 0 aromatic heterocycles. The number of nitro groups is 1. The number of hydrogen-bond donors (Lipinski definition) is 2. The van der Waals surface area contributed by atoms with Crippen LogP contribution in [0, 0.1) is 16.0 Å². The van der Waals surface area contributed by atoms with Crippen molar-refractivity contribution >= 4 is 21.4 Å². The SMILES string of the molecule is CCC(C)CN(C)S(=O)(=O)c1ccc(NN)c([N+](=O)[O-])c1. The van der Waals surface area contributed by atoms with Gasteiger partial charge in [0.05, 0.1) is 9.82 Å². The Bertz CT molecular complexity index is 618. The number of hydrazine groups is 1. The standard InChI is InChI=1S/C12H20N4O4S/c1-4-9(2)8-15(3)21(19,20)10-5-6-11(14-13)12(7-10)16(17)18/h5-7,9,14H,4,8,13H2,1-3H3. The molecule has 118 valence electrons. The molecule has 8 nitrogen and oxygen atoms in total. The Morgan fingerprint density at radius 3 is 2.57 bits per heavy atom. The van der Waals surface area contributed by atoms with E-state index in [0.717, 1.165) is 12.5 Å². The Hall–Kier alpha value is -1.71. The minimum atomic E-state index is -3.76. The average Bonchev–Trinajstić information content (AvgIpc) is 2.45. The maximum atomic E-state index is 12.4. The Kier molecular flexibility index (Phi) is 5.64. The van der Waals surface area contributed by atoms with E-state index in [0.29, 0.717) is 6.54 Å². The fraction of sp³-hybridized carbons (Fsp3) is 0.500. The molecule has 0 aliphatic carbocycles. The van der Waals surface area contributed by atoms with E-state index in [1.54, 1.807) is 0 Å². The molecule has 0 bridgehead atoms. The van der Waals surface area contributed by atoms with E-state index in [1.807, 2.05) is 13.8 Å². The van der Waals surface area contributed by atoms with Crippen molar-refractivity contribution < 1.29 is 13.3 Å². The van der Waals surface area contributed by atoms with E-state index in [9.17, 15) is 18.5 Å². The van der Waals surface area contributed by atoms with Gasteiger partial charge in [-0.05, 0) is 18.1 Å². The highest BCUT2D eigenvalue weighted by Crippen LogP contribution is 2.28. The van der Waals surface area contributed by atoms with Crippen LogP contribution >= 0.6 is 0 Å². The summed E-state index contributed by atoms with van der Waals surface area (Å²) in [6.45, 7) is 4.26. The van der Waals surface area contributed by atoms with Crippen molar-refractivity contribution in [2.45, 2.75) is 25.2 Å². The highest BCUT2D eigenvalue weighted by Gasteiger charge is 2.25. The zero-order valence-corrected chi connectivity index (χ0v) is 13.1. The molecule has 0 saturated heterocycles. The van der Waals surface area contributed by atoms with Gasteiger partial charge in [-0.1, -0.05) is 20.3 Å². The van der Waals surface area contributed by atoms with Crippen molar-refractivity contribution in [3.05, 3.63) is 28.3 Å². The minimum Gasteiger partial charge on any atom is -0.318 e. The topological polar surface area (TPSA) is 119 Å². The van der Waals surface area contributed by atoms with Gasteiger partial charge in [0.1, 0.15) is 5.69 Å². The molecule has 1 aromatic rings. The van der Waals surface area contributed by atoms with Crippen LogP contribution in [0.5, 0.6) is 0 Å². The summed E-state index contributed by atoms with van der Waals surface area (Å²) in [7, 11) is -2.30. The van der Waals surface area contributed by atoms with Gasteiger partial charge in [0, 0.05) is 19.7 Å². The first-order chi connectivity index (χ1) is 9.73. The summed E-state index contributed by atoms with van der Waals surface area (Å²) in [4.78, 5) is 10.2. The summed E-state index contributed by atoms with van der Waals surface area (Å²) in [6, 6.07) is 3.59. The number of nitrogen functional groups attached to an aromatic ring is 1. The number of nitrogens with one attached hydrogen (secondary N) is 1. The highest BCUT2D eigenvalue weighted by atomic mass is 32.2. The van der Waals surface area contributed by atoms with E-state index in [4.69, 9.17) is 5.84 Å². The molecule has 1 unspecified atom stereocenters. The third kappa shape index (κ3) is 3.90. The quantitative estimate of drug-likeness (QED) is 0.447.